The summed E-state index contributed by atoms with van der Waals surface area (Å²) in [5.41, 5.74) is -6.85. The van der Waals surface area contributed by atoms with Gasteiger partial charge in [-0.05, 0) is 55.7 Å². The predicted octanol–water partition coefficient (Wildman–Crippen LogP) is 7.99. The summed E-state index contributed by atoms with van der Waals surface area (Å²) in [4.78, 5) is 15.2. The van der Waals surface area contributed by atoms with Crippen LogP contribution in [0.2, 0.25) is 0 Å². The Balaban J connectivity index is 0.00000109. The summed E-state index contributed by atoms with van der Waals surface area (Å²) in [6.07, 6.45) is -8.60. The molecule has 1 saturated carbocycles. The van der Waals surface area contributed by atoms with Gasteiger partial charge in [0.1, 0.15) is 4.75 Å². The molecule has 248 valence electrons. The molecule has 1 aliphatic heterocycles. The largest absolute Gasteiger partial charge is 0.513 e. The Morgan fingerprint density at radius 2 is 1.53 bits per heavy atom. The lowest BCUT2D eigenvalue weighted by atomic mass is 9.76. The molecule has 0 spiro atoms. The van der Waals surface area contributed by atoms with Crippen LogP contribution in [0.4, 0.5) is 30.7 Å². The Kier molecular flexibility index (Phi) is 9.74. The standard InChI is InChI=1S/C29H30F7NO3S.C3H6O/c30-27(28(31,32)33,29(34,35)36)22-12-13-23-21(17-22)11-14-24-26(23,41(39,40)18-19-7-3-1-4-8-19)15-16-37(24)25(38)20-9-5-2-6-10-20;1-3(2)4/h1,3-4,7-8,12-13,17,20,24H,2,5-6,9-11,14-16,18H2;4H,1H2,2H3. The van der Waals surface area contributed by atoms with Crippen molar-refractivity contribution >= 4 is 15.7 Å². The van der Waals surface area contributed by atoms with Crippen molar-refractivity contribution in [3.05, 3.63) is 83.1 Å². The van der Waals surface area contributed by atoms with Crippen molar-refractivity contribution in [2.24, 2.45) is 5.92 Å². The van der Waals surface area contributed by atoms with Crippen LogP contribution in [0.15, 0.2) is 60.9 Å². The van der Waals surface area contributed by atoms with Crippen molar-refractivity contribution in [3.8, 4) is 0 Å². The first-order valence-corrected chi connectivity index (χ1v) is 16.4. The first-order chi connectivity index (χ1) is 20.9. The van der Waals surface area contributed by atoms with Gasteiger partial charge in [-0.2, -0.15) is 26.3 Å². The number of halogens is 7. The monoisotopic (exact) mass is 663 g/mol. The number of alkyl halides is 7. The molecule has 1 amide bonds. The topological polar surface area (TPSA) is 74.7 Å². The smallest absolute Gasteiger partial charge is 0.435 e. The van der Waals surface area contributed by atoms with Gasteiger partial charge in [-0.25, -0.2) is 12.8 Å². The third-order valence-corrected chi connectivity index (χ3v) is 11.6. The number of hydrogen-bond acceptors (Lipinski definition) is 4. The SMILES string of the molecule is C=C(C)O.O=C(C1CCCCC1)N1CCC2(S(=O)(=O)Cc3ccccc3)c3ccc(C(F)(C(F)(F)F)C(F)(F)F)cc3CCC12. The molecule has 1 N–H and O–H groups in total. The van der Waals surface area contributed by atoms with Gasteiger partial charge in [0, 0.05) is 18.0 Å². The highest BCUT2D eigenvalue weighted by Gasteiger charge is 2.73. The Labute approximate surface area is 258 Å². The van der Waals surface area contributed by atoms with Crippen molar-refractivity contribution in [2.75, 3.05) is 6.54 Å². The zero-order valence-electron chi connectivity index (χ0n) is 24.7. The summed E-state index contributed by atoms with van der Waals surface area (Å²) in [6, 6.07) is 9.21. The zero-order chi connectivity index (χ0) is 33.4. The molecule has 3 aliphatic rings. The van der Waals surface area contributed by atoms with Crippen LogP contribution in [0.25, 0.3) is 0 Å². The summed E-state index contributed by atoms with van der Waals surface area (Å²) >= 11 is 0. The molecular formula is C32H36F7NO4S. The second kappa shape index (κ2) is 12.6. The Morgan fingerprint density at radius 3 is 2.09 bits per heavy atom. The van der Waals surface area contributed by atoms with E-state index in [2.05, 4.69) is 6.58 Å². The molecule has 2 aromatic carbocycles. The summed E-state index contributed by atoms with van der Waals surface area (Å²) < 4.78 is 123. The fourth-order valence-corrected chi connectivity index (χ4v) is 9.56. The number of hydrogen-bond donors (Lipinski definition) is 1. The van der Waals surface area contributed by atoms with Gasteiger partial charge in [0.15, 0.2) is 9.84 Å². The molecule has 2 aliphatic carbocycles. The highest BCUT2D eigenvalue weighted by atomic mass is 32.2. The van der Waals surface area contributed by atoms with Gasteiger partial charge >= 0.3 is 18.0 Å². The molecule has 2 aromatic rings. The third kappa shape index (κ3) is 6.33. The quantitative estimate of drug-likeness (QED) is 0.260. The van der Waals surface area contributed by atoms with E-state index in [1.165, 1.54) is 6.92 Å². The highest BCUT2D eigenvalue weighted by molar-refractivity contribution is 7.91. The van der Waals surface area contributed by atoms with Gasteiger partial charge in [0.2, 0.25) is 5.91 Å². The molecule has 2 unspecified atom stereocenters. The van der Waals surface area contributed by atoms with Crippen LogP contribution < -0.4 is 0 Å². The number of likely N-dealkylation sites (tertiary alicyclic amines) is 1. The molecule has 2 fully saturated rings. The van der Waals surface area contributed by atoms with E-state index in [-0.39, 0.29) is 54.5 Å². The summed E-state index contributed by atoms with van der Waals surface area (Å²) in [7, 11) is -4.18. The number of carbonyl (C=O) groups is 1. The number of benzene rings is 2. The minimum Gasteiger partial charge on any atom is -0.513 e. The number of aliphatic hydroxyl groups excluding tert-OH is 1. The van der Waals surface area contributed by atoms with Gasteiger partial charge in [-0.15, -0.1) is 0 Å². The fourth-order valence-electron chi connectivity index (χ4n) is 7.07. The van der Waals surface area contributed by atoms with E-state index in [0.29, 0.717) is 30.5 Å². The molecule has 5 nitrogen and oxygen atoms in total. The van der Waals surface area contributed by atoms with Crippen LogP contribution >= 0.6 is 0 Å². The molecule has 5 rings (SSSR count). The number of carbonyl (C=O) groups excluding carboxylic acids is 1. The van der Waals surface area contributed by atoms with Crippen molar-refractivity contribution < 1.29 is 49.1 Å². The van der Waals surface area contributed by atoms with Crippen LogP contribution in [0.3, 0.4) is 0 Å². The van der Waals surface area contributed by atoms with Crippen LogP contribution in [0.1, 0.15) is 74.1 Å². The van der Waals surface area contributed by atoms with Crippen LogP contribution in [-0.4, -0.2) is 49.3 Å². The minimum absolute atomic E-state index is 0.0141. The summed E-state index contributed by atoms with van der Waals surface area (Å²) in [5.74, 6) is -0.691. The molecule has 1 heterocycles. The first-order valence-electron chi connectivity index (χ1n) is 14.7. The molecule has 13 heteroatoms. The molecular weight excluding hydrogens is 627 g/mol. The second-order valence-electron chi connectivity index (χ2n) is 12.1. The lowest BCUT2D eigenvalue weighted by Gasteiger charge is -2.44. The Morgan fingerprint density at radius 1 is 0.956 bits per heavy atom. The Bertz CT molecular complexity index is 1480. The van der Waals surface area contributed by atoms with E-state index >= 15 is 0 Å². The lowest BCUT2D eigenvalue weighted by molar-refractivity contribution is -0.348. The van der Waals surface area contributed by atoms with Gasteiger partial charge < -0.3 is 10.0 Å². The van der Waals surface area contributed by atoms with E-state index in [1.807, 2.05) is 0 Å². The predicted molar refractivity (Wildman–Crippen MR) is 155 cm³/mol. The number of rotatable bonds is 5. The van der Waals surface area contributed by atoms with E-state index in [1.54, 1.807) is 35.2 Å². The maximum Gasteiger partial charge on any atom is 0.435 e. The normalized spacial score (nSPS) is 22.6. The lowest BCUT2D eigenvalue weighted by Crippen LogP contribution is -2.54. The average molecular weight is 664 g/mol. The maximum absolute atomic E-state index is 14.9. The first kappa shape index (κ1) is 34.8. The number of fused-ring (bicyclic) bond motifs is 3. The molecule has 45 heavy (non-hydrogen) atoms. The van der Waals surface area contributed by atoms with Crippen molar-refractivity contribution in [3.63, 3.8) is 0 Å². The second-order valence-corrected chi connectivity index (χ2v) is 14.3. The number of sulfone groups is 1. The van der Waals surface area contributed by atoms with E-state index in [9.17, 15) is 43.9 Å². The van der Waals surface area contributed by atoms with Crippen LogP contribution in [0.5, 0.6) is 0 Å². The summed E-state index contributed by atoms with van der Waals surface area (Å²) in [5, 5.41) is 7.86. The molecule has 1 saturated heterocycles. The van der Waals surface area contributed by atoms with Gasteiger partial charge in [0.05, 0.1) is 17.6 Å². The maximum atomic E-state index is 14.9. The third-order valence-electron chi connectivity index (χ3n) is 9.06. The average Bonchev–Trinajstić information content (AvgIpc) is 3.37. The molecule has 0 radical (unpaired) electrons. The minimum atomic E-state index is -6.29. The summed E-state index contributed by atoms with van der Waals surface area (Å²) in [6.45, 7) is 4.73. The van der Waals surface area contributed by atoms with Crippen LogP contribution in [-0.2, 0) is 37.2 Å². The Hall–Kier alpha value is -3.09. The van der Waals surface area contributed by atoms with E-state index in [4.69, 9.17) is 5.11 Å². The van der Waals surface area contributed by atoms with Crippen molar-refractivity contribution in [1.82, 2.24) is 4.90 Å². The number of aliphatic hydroxyl groups is 1. The zero-order valence-corrected chi connectivity index (χ0v) is 25.5. The fraction of sp³-hybridized carbons (Fsp3) is 0.531. The molecule has 0 bridgehead atoms. The highest BCUT2D eigenvalue weighted by Crippen LogP contribution is 2.56. The van der Waals surface area contributed by atoms with E-state index < -0.39 is 50.0 Å². The van der Waals surface area contributed by atoms with Gasteiger partial charge in [-0.3, -0.25) is 4.79 Å². The van der Waals surface area contributed by atoms with Gasteiger partial charge in [-0.1, -0.05) is 74.4 Å². The van der Waals surface area contributed by atoms with E-state index in [0.717, 1.165) is 25.3 Å². The van der Waals surface area contributed by atoms with Gasteiger partial charge in [0.25, 0.3) is 0 Å². The number of amides is 1. The number of allylic oxidation sites excluding steroid dienone is 1. The molecule has 0 aromatic heterocycles. The van der Waals surface area contributed by atoms with Crippen LogP contribution in [0, 0.1) is 5.92 Å². The van der Waals surface area contributed by atoms with Crippen molar-refractivity contribution in [1.29, 1.82) is 0 Å². The molecule has 2 atom stereocenters. The number of nitrogens with zero attached hydrogens (tertiary/aromatic N) is 1. The van der Waals surface area contributed by atoms with Crippen molar-refractivity contribution in [2.45, 2.75) is 92.9 Å². The number of aryl methyl sites for hydroxylation is 1.